The first-order valence-corrected chi connectivity index (χ1v) is 3.82. The lowest BCUT2D eigenvalue weighted by Crippen LogP contribution is -1.96. The fourth-order valence-corrected chi connectivity index (χ4v) is 1.11. The minimum absolute atomic E-state index is 0.0884. The van der Waals surface area contributed by atoms with Crippen molar-refractivity contribution in [3.8, 4) is 11.4 Å². The van der Waals surface area contributed by atoms with E-state index in [1.165, 1.54) is 10.9 Å². The van der Waals surface area contributed by atoms with Gasteiger partial charge in [0.05, 0.1) is 12.4 Å². The van der Waals surface area contributed by atoms with Gasteiger partial charge in [-0.2, -0.15) is 5.10 Å². The fourth-order valence-electron chi connectivity index (χ4n) is 1.11. The topological polar surface area (TPSA) is 96.7 Å². The average Bonchev–Trinajstić information content (AvgIpc) is 2.70. The number of aromatic amines is 1. The van der Waals surface area contributed by atoms with Crippen molar-refractivity contribution in [3.05, 3.63) is 18.0 Å². The molecule has 0 aromatic carbocycles. The summed E-state index contributed by atoms with van der Waals surface area (Å²) in [5.41, 5.74) is 0.915. The Labute approximate surface area is 78.4 Å². The summed E-state index contributed by atoms with van der Waals surface area (Å²) in [6, 6.07) is 0. The zero-order valence-electron chi connectivity index (χ0n) is 7.30. The van der Waals surface area contributed by atoms with Gasteiger partial charge in [0.2, 0.25) is 0 Å². The summed E-state index contributed by atoms with van der Waals surface area (Å²) in [4.78, 5) is 10.7. The molecule has 0 saturated carbocycles. The Hall–Kier alpha value is -2.18. The van der Waals surface area contributed by atoms with Crippen molar-refractivity contribution < 1.29 is 9.90 Å². The van der Waals surface area contributed by atoms with Crippen LogP contribution in [0.25, 0.3) is 11.4 Å². The Balaban J connectivity index is 2.51. The quantitative estimate of drug-likeness (QED) is 0.694. The molecule has 0 bridgehead atoms. The number of carboxylic acids is 1. The lowest BCUT2D eigenvalue weighted by Gasteiger charge is -1.91. The van der Waals surface area contributed by atoms with Gasteiger partial charge in [0.1, 0.15) is 17.0 Å². The number of aromatic carboxylic acids is 1. The van der Waals surface area contributed by atoms with Crippen molar-refractivity contribution in [2.24, 2.45) is 7.05 Å². The maximum Gasteiger partial charge on any atom is 0.339 e. The molecule has 0 amide bonds. The molecule has 72 valence electrons. The molecule has 0 aliphatic rings. The number of hydrogen-bond acceptors (Lipinski definition) is 4. The zero-order valence-corrected chi connectivity index (χ0v) is 7.30. The predicted molar refractivity (Wildman–Crippen MR) is 45.5 cm³/mol. The van der Waals surface area contributed by atoms with Crippen LogP contribution in [0.3, 0.4) is 0 Å². The number of rotatable bonds is 2. The number of carbonyl (C=O) groups is 1. The van der Waals surface area contributed by atoms with Crippen LogP contribution in [0.15, 0.2) is 12.4 Å². The van der Waals surface area contributed by atoms with E-state index < -0.39 is 5.97 Å². The smallest absolute Gasteiger partial charge is 0.339 e. The van der Waals surface area contributed by atoms with Crippen LogP contribution in [0.1, 0.15) is 10.4 Å². The second-order valence-electron chi connectivity index (χ2n) is 2.74. The van der Waals surface area contributed by atoms with Gasteiger partial charge < -0.3 is 5.11 Å². The first kappa shape index (κ1) is 8.42. The summed E-state index contributed by atoms with van der Waals surface area (Å²) in [5.74, 6) is -1.04. The van der Waals surface area contributed by atoms with Crippen LogP contribution < -0.4 is 0 Å². The normalized spacial score (nSPS) is 10.4. The lowest BCUT2D eigenvalue weighted by molar-refractivity contribution is 0.0698. The number of aromatic nitrogens is 5. The number of hydrogen-bond donors (Lipinski definition) is 2. The summed E-state index contributed by atoms with van der Waals surface area (Å²) in [6.45, 7) is 0. The van der Waals surface area contributed by atoms with Gasteiger partial charge in [0, 0.05) is 7.05 Å². The van der Waals surface area contributed by atoms with Gasteiger partial charge in [-0.3, -0.25) is 9.78 Å². The highest BCUT2D eigenvalue weighted by Crippen LogP contribution is 2.17. The molecule has 2 N–H and O–H groups in total. The Kier molecular flexibility index (Phi) is 1.77. The molecule has 14 heavy (non-hydrogen) atoms. The maximum absolute atomic E-state index is 10.7. The van der Waals surface area contributed by atoms with Gasteiger partial charge in [-0.15, -0.1) is 5.10 Å². The molecule has 0 spiro atoms. The van der Waals surface area contributed by atoms with E-state index in [0.29, 0.717) is 11.4 Å². The van der Waals surface area contributed by atoms with E-state index in [0.717, 1.165) is 0 Å². The van der Waals surface area contributed by atoms with Crippen LogP contribution in [0.2, 0.25) is 0 Å². The molecule has 0 radical (unpaired) electrons. The van der Waals surface area contributed by atoms with Crippen LogP contribution in [-0.4, -0.2) is 36.3 Å². The van der Waals surface area contributed by atoms with Crippen molar-refractivity contribution >= 4 is 5.97 Å². The van der Waals surface area contributed by atoms with Crippen molar-refractivity contribution in [2.75, 3.05) is 0 Å². The van der Waals surface area contributed by atoms with Crippen molar-refractivity contribution in [1.82, 2.24) is 25.2 Å². The van der Waals surface area contributed by atoms with Crippen molar-refractivity contribution in [2.45, 2.75) is 0 Å². The number of aryl methyl sites for hydroxylation is 1. The summed E-state index contributed by atoms with van der Waals surface area (Å²) < 4.78 is 1.49. The predicted octanol–water partition coefficient (Wildman–Crippen LogP) is -0.0966. The van der Waals surface area contributed by atoms with Gasteiger partial charge in [0.15, 0.2) is 0 Å². The molecule has 0 saturated heterocycles. The summed E-state index contributed by atoms with van der Waals surface area (Å²) in [7, 11) is 1.70. The molecule has 2 aromatic rings. The standard InChI is InChI=1S/C7H7N5O2/c1-12-3-5(9-11-12)6-4(7(13)14)2-8-10-6/h2-3H,1H3,(H,8,10)(H,13,14). The third-order valence-electron chi connectivity index (χ3n) is 1.73. The second kappa shape index (κ2) is 2.95. The molecule has 0 unspecified atom stereocenters. The fraction of sp³-hybridized carbons (Fsp3) is 0.143. The highest BCUT2D eigenvalue weighted by Gasteiger charge is 2.15. The largest absolute Gasteiger partial charge is 0.478 e. The van der Waals surface area contributed by atoms with Crippen LogP contribution in [0, 0.1) is 0 Å². The molecular weight excluding hydrogens is 186 g/mol. The Morgan fingerprint density at radius 2 is 2.43 bits per heavy atom. The number of carboxylic acid groups (broad SMARTS) is 1. The third-order valence-corrected chi connectivity index (χ3v) is 1.73. The third kappa shape index (κ3) is 1.24. The maximum atomic E-state index is 10.7. The van der Waals surface area contributed by atoms with Crippen molar-refractivity contribution in [3.63, 3.8) is 0 Å². The first-order valence-electron chi connectivity index (χ1n) is 3.82. The first-order chi connectivity index (χ1) is 6.68. The van der Waals surface area contributed by atoms with Gasteiger partial charge >= 0.3 is 5.97 Å². The SMILES string of the molecule is Cn1cc(-c2[nH]ncc2C(=O)O)nn1. The van der Waals surface area contributed by atoms with Crippen molar-refractivity contribution in [1.29, 1.82) is 0 Å². The molecule has 2 heterocycles. The molecule has 7 nitrogen and oxygen atoms in total. The van der Waals surface area contributed by atoms with Gasteiger partial charge in [0.25, 0.3) is 0 Å². The number of nitrogens with one attached hydrogen (secondary N) is 1. The zero-order chi connectivity index (χ0) is 10.1. The molecule has 2 rings (SSSR count). The van der Waals surface area contributed by atoms with E-state index in [2.05, 4.69) is 20.5 Å². The molecule has 2 aromatic heterocycles. The van der Waals surface area contributed by atoms with E-state index in [9.17, 15) is 4.79 Å². The van der Waals surface area contributed by atoms with E-state index in [-0.39, 0.29) is 5.56 Å². The number of H-pyrrole nitrogens is 1. The Morgan fingerprint density at radius 3 is 3.00 bits per heavy atom. The summed E-state index contributed by atoms with van der Waals surface area (Å²) in [6.07, 6.45) is 2.85. The molecule has 7 heteroatoms. The highest BCUT2D eigenvalue weighted by molar-refractivity contribution is 5.93. The average molecular weight is 193 g/mol. The summed E-state index contributed by atoms with van der Waals surface area (Å²) in [5, 5.41) is 22.5. The van der Waals surface area contributed by atoms with E-state index in [1.54, 1.807) is 13.2 Å². The molecule has 0 atom stereocenters. The van der Waals surface area contributed by atoms with Gasteiger partial charge in [-0.25, -0.2) is 4.79 Å². The van der Waals surface area contributed by atoms with E-state index >= 15 is 0 Å². The van der Waals surface area contributed by atoms with Crippen LogP contribution in [0.4, 0.5) is 0 Å². The second-order valence-corrected chi connectivity index (χ2v) is 2.74. The van der Waals surface area contributed by atoms with Crippen LogP contribution >= 0.6 is 0 Å². The van der Waals surface area contributed by atoms with Crippen LogP contribution in [0.5, 0.6) is 0 Å². The van der Waals surface area contributed by atoms with Gasteiger partial charge in [-0.05, 0) is 0 Å². The van der Waals surface area contributed by atoms with Gasteiger partial charge in [-0.1, -0.05) is 5.21 Å². The number of nitrogens with zero attached hydrogens (tertiary/aromatic N) is 4. The molecular formula is C7H7N5O2. The molecule has 0 fully saturated rings. The lowest BCUT2D eigenvalue weighted by atomic mass is 10.2. The summed E-state index contributed by atoms with van der Waals surface area (Å²) >= 11 is 0. The monoisotopic (exact) mass is 193 g/mol. The minimum atomic E-state index is -1.04. The molecule has 0 aliphatic heterocycles. The highest BCUT2D eigenvalue weighted by atomic mass is 16.4. The van der Waals surface area contributed by atoms with Crippen LogP contribution in [-0.2, 0) is 7.05 Å². The molecule has 0 aliphatic carbocycles. The Morgan fingerprint density at radius 1 is 1.64 bits per heavy atom. The Bertz CT molecular complexity index is 472. The van der Waals surface area contributed by atoms with E-state index in [4.69, 9.17) is 5.11 Å². The van der Waals surface area contributed by atoms with E-state index in [1.807, 2.05) is 0 Å². The minimum Gasteiger partial charge on any atom is -0.478 e.